The van der Waals surface area contributed by atoms with Crippen LogP contribution in [-0.2, 0) is 13.0 Å². The second-order valence-electron chi connectivity index (χ2n) is 6.78. The highest BCUT2D eigenvalue weighted by Crippen LogP contribution is 2.23. The molecule has 24 heavy (non-hydrogen) atoms. The van der Waals surface area contributed by atoms with E-state index in [2.05, 4.69) is 15.1 Å². The van der Waals surface area contributed by atoms with E-state index in [9.17, 15) is 4.79 Å². The summed E-state index contributed by atoms with van der Waals surface area (Å²) in [7, 11) is 0. The molecule has 0 spiro atoms. The first-order valence-corrected chi connectivity index (χ1v) is 8.38. The van der Waals surface area contributed by atoms with Gasteiger partial charge in [-0.15, -0.1) is 10.2 Å². The van der Waals surface area contributed by atoms with Crippen molar-refractivity contribution in [1.82, 2.24) is 15.1 Å². The van der Waals surface area contributed by atoms with Gasteiger partial charge in [-0.1, -0.05) is 26.0 Å². The van der Waals surface area contributed by atoms with Crippen LogP contribution in [0.3, 0.4) is 0 Å². The summed E-state index contributed by atoms with van der Waals surface area (Å²) in [5.74, 6) is 1.33. The molecule has 6 nitrogen and oxygen atoms in total. The maximum Gasteiger partial charge on any atom is 0.335 e. The summed E-state index contributed by atoms with van der Waals surface area (Å²) >= 11 is 0. The molecule has 0 amide bonds. The van der Waals surface area contributed by atoms with Crippen molar-refractivity contribution in [2.24, 2.45) is 5.92 Å². The molecule has 1 atom stereocenters. The van der Waals surface area contributed by atoms with Gasteiger partial charge in [0.2, 0.25) is 11.8 Å². The molecule has 0 bridgehead atoms. The molecule has 1 aliphatic rings. The van der Waals surface area contributed by atoms with E-state index in [0.29, 0.717) is 29.8 Å². The Morgan fingerprint density at radius 1 is 1.33 bits per heavy atom. The average Bonchev–Trinajstić information content (AvgIpc) is 3.18. The SMILES string of the molecule is CC(C)c1nnc(CN2CC[C@@H](Cc3ccc(C(=O)O)cc3)C2)o1. The normalized spacial score (nSPS) is 18.4. The Morgan fingerprint density at radius 2 is 2.08 bits per heavy atom. The molecular formula is C18H23N3O3. The standard InChI is InChI=1S/C18H23N3O3/c1-12(2)17-20-19-16(24-17)11-21-8-7-14(10-21)9-13-3-5-15(6-4-13)18(22)23/h3-6,12,14H,7-11H2,1-2H3,(H,22,23)/t14-/m0/s1. The number of aromatic nitrogens is 2. The fourth-order valence-corrected chi connectivity index (χ4v) is 3.09. The van der Waals surface area contributed by atoms with Crippen LogP contribution in [-0.4, -0.2) is 39.3 Å². The van der Waals surface area contributed by atoms with Gasteiger partial charge in [0.05, 0.1) is 12.1 Å². The van der Waals surface area contributed by atoms with Crippen molar-refractivity contribution < 1.29 is 14.3 Å². The highest BCUT2D eigenvalue weighted by atomic mass is 16.4. The number of carboxylic acid groups (broad SMARTS) is 1. The molecular weight excluding hydrogens is 306 g/mol. The molecule has 1 aromatic heterocycles. The minimum atomic E-state index is -0.881. The van der Waals surface area contributed by atoms with Crippen LogP contribution in [0.1, 0.15) is 53.9 Å². The molecule has 6 heteroatoms. The molecule has 2 heterocycles. The fraction of sp³-hybridized carbons (Fsp3) is 0.500. The number of benzene rings is 1. The summed E-state index contributed by atoms with van der Waals surface area (Å²) in [6, 6.07) is 7.19. The second kappa shape index (κ2) is 7.13. The number of hydrogen-bond acceptors (Lipinski definition) is 5. The smallest absolute Gasteiger partial charge is 0.335 e. The van der Waals surface area contributed by atoms with E-state index >= 15 is 0 Å². The highest BCUT2D eigenvalue weighted by Gasteiger charge is 2.24. The van der Waals surface area contributed by atoms with Crippen molar-refractivity contribution in [2.45, 2.75) is 39.2 Å². The maximum absolute atomic E-state index is 10.9. The van der Waals surface area contributed by atoms with Gasteiger partial charge in [-0.2, -0.15) is 0 Å². The summed E-state index contributed by atoms with van der Waals surface area (Å²) < 4.78 is 5.68. The number of nitrogens with zero attached hydrogens (tertiary/aromatic N) is 3. The van der Waals surface area contributed by atoms with Crippen LogP contribution < -0.4 is 0 Å². The lowest BCUT2D eigenvalue weighted by Crippen LogP contribution is -2.20. The van der Waals surface area contributed by atoms with E-state index in [0.717, 1.165) is 25.9 Å². The van der Waals surface area contributed by atoms with E-state index in [-0.39, 0.29) is 5.92 Å². The van der Waals surface area contributed by atoms with Gasteiger partial charge in [0.15, 0.2) is 0 Å². The zero-order valence-corrected chi connectivity index (χ0v) is 14.1. The number of rotatable bonds is 6. The van der Waals surface area contributed by atoms with E-state index in [1.807, 2.05) is 26.0 Å². The third-order valence-corrected chi connectivity index (χ3v) is 4.43. The molecule has 128 valence electrons. The Kier molecular flexibility index (Phi) is 4.94. The van der Waals surface area contributed by atoms with Crippen LogP contribution in [0.2, 0.25) is 0 Å². The van der Waals surface area contributed by atoms with E-state index in [1.165, 1.54) is 5.56 Å². The molecule has 0 unspecified atom stereocenters. The minimum Gasteiger partial charge on any atom is -0.478 e. The Hall–Kier alpha value is -2.21. The van der Waals surface area contributed by atoms with Crippen molar-refractivity contribution in [1.29, 1.82) is 0 Å². The third kappa shape index (κ3) is 4.00. The predicted molar refractivity (Wildman–Crippen MR) is 88.9 cm³/mol. The van der Waals surface area contributed by atoms with Crippen LogP contribution in [0.5, 0.6) is 0 Å². The molecule has 1 N–H and O–H groups in total. The third-order valence-electron chi connectivity index (χ3n) is 4.43. The number of aromatic carboxylic acids is 1. The summed E-state index contributed by atoms with van der Waals surface area (Å²) in [5.41, 5.74) is 1.52. The van der Waals surface area contributed by atoms with E-state index < -0.39 is 5.97 Å². The lowest BCUT2D eigenvalue weighted by molar-refractivity contribution is 0.0697. The number of likely N-dealkylation sites (tertiary alicyclic amines) is 1. The van der Waals surface area contributed by atoms with E-state index in [1.54, 1.807) is 12.1 Å². The number of carboxylic acids is 1. The molecule has 1 aliphatic heterocycles. The van der Waals surface area contributed by atoms with Crippen LogP contribution in [0.25, 0.3) is 0 Å². The lowest BCUT2D eigenvalue weighted by atomic mass is 9.98. The van der Waals surface area contributed by atoms with Crippen LogP contribution in [0.15, 0.2) is 28.7 Å². The molecule has 3 rings (SSSR count). The van der Waals surface area contributed by atoms with Gasteiger partial charge >= 0.3 is 5.97 Å². The summed E-state index contributed by atoms with van der Waals surface area (Å²) in [4.78, 5) is 13.2. The fourth-order valence-electron chi connectivity index (χ4n) is 3.09. The monoisotopic (exact) mass is 329 g/mol. The molecule has 1 saturated heterocycles. The number of carbonyl (C=O) groups is 1. The topological polar surface area (TPSA) is 79.5 Å². The van der Waals surface area contributed by atoms with Crippen molar-refractivity contribution in [3.05, 3.63) is 47.2 Å². The second-order valence-corrected chi connectivity index (χ2v) is 6.78. The maximum atomic E-state index is 10.9. The summed E-state index contributed by atoms with van der Waals surface area (Å²) in [5, 5.41) is 17.1. The van der Waals surface area contributed by atoms with Crippen molar-refractivity contribution in [3.63, 3.8) is 0 Å². The van der Waals surface area contributed by atoms with Gasteiger partial charge < -0.3 is 9.52 Å². The molecule has 1 fully saturated rings. The largest absolute Gasteiger partial charge is 0.478 e. The Bertz CT molecular complexity index is 694. The van der Waals surface area contributed by atoms with Crippen molar-refractivity contribution >= 4 is 5.97 Å². The Morgan fingerprint density at radius 3 is 2.71 bits per heavy atom. The molecule has 0 radical (unpaired) electrons. The van der Waals surface area contributed by atoms with E-state index in [4.69, 9.17) is 9.52 Å². The zero-order valence-electron chi connectivity index (χ0n) is 14.1. The van der Waals surface area contributed by atoms with Gasteiger partial charge in [0.1, 0.15) is 0 Å². The first kappa shape index (κ1) is 16.6. The first-order valence-electron chi connectivity index (χ1n) is 8.38. The van der Waals surface area contributed by atoms with Gasteiger partial charge in [0, 0.05) is 12.5 Å². The first-order chi connectivity index (χ1) is 11.5. The molecule has 2 aromatic rings. The van der Waals surface area contributed by atoms with Crippen LogP contribution in [0.4, 0.5) is 0 Å². The van der Waals surface area contributed by atoms with Gasteiger partial charge in [-0.05, 0) is 43.0 Å². The predicted octanol–water partition coefficient (Wildman–Crippen LogP) is 2.96. The Balaban J connectivity index is 1.52. The van der Waals surface area contributed by atoms with Crippen molar-refractivity contribution in [2.75, 3.05) is 13.1 Å². The quantitative estimate of drug-likeness (QED) is 0.878. The van der Waals surface area contributed by atoms with Crippen LogP contribution in [0, 0.1) is 5.92 Å². The summed E-state index contributed by atoms with van der Waals surface area (Å²) in [6.07, 6.45) is 2.10. The van der Waals surface area contributed by atoms with Gasteiger partial charge in [-0.3, -0.25) is 4.90 Å². The zero-order chi connectivity index (χ0) is 17.1. The highest BCUT2D eigenvalue weighted by molar-refractivity contribution is 5.87. The van der Waals surface area contributed by atoms with Gasteiger partial charge in [-0.25, -0.2) is 4.79 Å². The van der Waals surface area contributed by atoms with Crippen LogP contribution >= 0.6 is 0 Å². The lowest BCUT2D eigenvalue weighted by Gasteiger charge is -2.13. The van der Waals surface area contributed by atoms with Crippen molar-refractivity contribution in [3.8, 4) is 0 Å². The van der Waals surface area contributed by atoms with Gasteiger partial charge in [0.25, 0.3) is 0 Å². The molecule has 0 saturated carbocycles. The average molecular weight is 329 g/mol. The summed E-state index contributed by atoms with van der Waals surface area (Å²) in [6.45, 7) is 6.81. The Labute approximate surface area is 141 Å². The molecule has 1 aromatic carbocycles. The minimum absolute atomic E-state index is 0.256. The molecule has 0 aliphatic carbocycles. The number of hydrogen-bond donors (Lipinski definition) is 1.